The number of carbonyl (C=O) groups is 4. The summed E-state index contributed by atoms with van der Waals surface area (Å²) in [6, 6.07) is 19.9. The molecule has 2 saturated carbocycles. The van der Waals surface area contributed by atoms with Crippen LogP contribution in [0.1, 0.15) is 99.8 Å². The number of benzene rings is 2. The van der Waals surface area contributed by atoms with Crippen molar-refractivity contribution in [1.29, 1.82) is 0 Å². The Morgan fingerprint density at radius 2 is 0.946 bits per heavy atom. The largest absolute Gasteiger partial charge is 0.354 e. The first kappa shape index (κ1) is 41.6. The van der Waals surface area contributed by atoms with Crippen LogP contribution >= 0.6 is 0 Å². The number of hydrogen-bond acceptors (Lipinski definition) is 6. The molecule has 2 aromatic carbocycles. The second kappa shape index (κ2) is 19.9. The van der Waals surface area contributed by atoms with Gasteiger partial charge in [-0.3, -0.25) is 29.1 Å². The Morgan fingerprint density at radius 3 is 1.25 bits per heavy atom. The minimum absolute atomic E-state index is 0.00267. The van der Waals surface area contributed by atoms with Gasteiger partial charge in [-0.25, -0.2) is 8.78 Å². The predicted octanol–water partition coefficient (Wildman–Crippen LogP) is 7.40. The van der Waals surface area contributed by atoms with Crippen LogP contribution in [-0.4, -0.2) is 57.8 Å². The van der Waals surface area contributed by atoms with Crippen LogP contribution in [0.3, 0.4) is 0 Å². The standard InChI is InChI=1S/2C22H26FN3O2/c2*1-14(25-15(2)27)16-6-9-20(10-7-16)26-22(28)18-8-11-21(24-13-18)17-4-3-5-19(23)12-17/h2*3-5,8,11-14,16,20H,6-7,9-10H2,1-2H3,(H,25,27)(H,26,28)/t2*14-,16?,20?/m10/s1. The quantitative estimate of drug-likeness (QED) is 0.133. The molecule has 10 nitrogen and oxygen atoms in total. The highest BCUT2D eigenvalue weighted by Crippen LogP contribution is 2.29. The van der Waals surface area contributed by atoms with Crippen LogP contribution in [0.25, 0.3) is 22.5 Å². The van der Waals surface area contributed by atoms with Crippen LogP contribution in [0.2, 0.25) is 0 Å². The highest BCUT2D eigenvalue weighted by Gasteiger charge is 2.28. The number of pyridine rings is 2. The molecule has 6 rings (SSSR count). The monoisotopic (exact) mass is 766 g/mol. The van der Waals surface area contributed by atoms with Gasteiger partial charge in [0.05, 0.1) is 22.5 Å². The Bertz CT molecular complexity index is 1800. The third kappa shape index (κ3) is 12.2. The molecule has 4 aromatic rings. The van der Waals surface area contributed by atoms with Crippen LogP contribution in [-0.2, 0) is 9.59 Å². The summed E-state index contributed by atoms with van der Waals surface area (Å²) in [6.07, 6.45) is 10.5. The van der Waals surface area contributed by atoms with E-state index in [2.05, 4.69) is 31.2 Å². The third-order valence-corrected chi connectivity index (χ3v) is 10.8. The SMILES string of the molecule is CC(=O)N[C@@H](C)C1CCC(NC(=O)c2ccc(-c3cccc(F)c3)nc2)CC1.CC(=O)N[C@H](C)C1CCC(NC(=O)c2ccc(-c3cccc(F)c3)nc2)CC1. The molecule has 2 fully saturated rings. The Hall–Kier alpha value is -5.52. The van der Waals surface area contributed by atoms with Gasteiger partial charge in [0.1, 0.15) is 11.6 Å². The van der Waals surface area contributed by atoms with E-state index < -0.39 is 0 Å². The summed E-state index contributed by atoms with van der Waals surface area (Å²) in [5.74, 6) is -0.0230. The first-order valence-corrected chi connectivity index (χ1v) is 19.4. The summed E-state index contributed by atoms with van der Waals surface area (Å²) in [5.41, 5.74) is 3.60. The molecule has 56 heavy (non-hydrogen) atoms. The Labute approximate surface area is 327 Å². The lowest BCUT2D eigenvalue weighted by Crippen LogP contribution is -2.42. The van der Waals surface area contributed by atoms with E-state index in [1.165, 1.54) is 50.5 Å². The molecule has 2 aliphatic rings. The molecule has 4 N–H and O–H groups in total. The summed E-state index contributed by atoms with van der Waals surface area (Å²) in [6.45, 7) is 7.15. The van der Waals surface area contributed by atoms with E-state index in [1.54, 1.807) is 48.5 Å². The average Bonchev–Trinajstić information content (AvgIpc) is 3.18. The number of rotatable bonds is 10. The number of halogens is 2. The number of nitrogens with zero attached hydrogens (tertiary/aromatic N) is 2. The van der Waals surface area contributed by atoms with Gasteiger partial charge in [-0.1, -0.05) is 24.3 Å². The van der Waals surface area contributed by atoms with Crippen LogP contribution in [0.4, 0.5) is 8.78 Å². The maximum absolute atomic E-state index is 13.3. The van der Waals surface area contributed by atoms with Gasteiger partial charge < -0.3 is 21.3 Å². The lowest BCUT2D eigenvalue weighted by atomic mass is 9.82. The molecule has 2 heterocycles. The zero-order valence-corrected chi connectivity index (χ0v) is 32.5. The maximum atomic E-state index is 13.3. The smallest absolute Gasteiger partial charge is 0.253 e. The van der Waals surface area contributed by atoms with Crippen molar-refractivity contribution in [2.45, 2.75) is 103 Å². The predicted molar refractivity (Wildman–Crippen MR) is 212 cm³/mol. The van der Waals surface area contributed by atoms with Gasteiger partial charge >= 0.3 is 0 Å². The van der Waals surface area contributed by atoms with E-state index in [0.717, 1.165) is 51.4 Å². The van der Waals surface area contributed by atoms with Crippen LogP contribution < -0.4 is 21.3 Å². The number of carbonyl (C=O) groups excluding carboxylic acids is 4. The molecule has 0 unspecified atom stereocenters. The maximum Gasteiger partial charge on any atom is 0.253 e. The molecule has 2 aromatic heterocycles. The topological polar surface area (TPSA) is 142 Å². The molecular formula is C44H52F2N6O4. The minimum atomic E-state index is -0.315. The third-order valence-electron chi connectivity index (χ3n) is 10.8. The van der Waals surface area contributed by atoms with Crippen molar-refractivity contribution in [3.8, 4) is 22.5 Å². The van der Waals surface area contributed by atoms with Crippen molar-refractivity contribution in [1.82, 2.24) is 31.2 Å². The van der Waals surface area contributed by atoms with Gasteiger partial charge in [0, 0.05) is 61.5 Å². The number of amides is 4. The van der Waals surface area contributed by atoms with Crippen molar-refractivity contribution >= 4 is 23.6 Å². The molecule has 0 bridgehead atoms. The van der Waals surface area contributed by atoms with E-state index in [4.69, 9.17) is 0 Å². The van der Waals surface area contributed by atoms with Crippen molar-refractivity contribution in [3.63, 3.8) is 0 Å². The summed E-state index contributed by atoms with van der Waals surface area (Å²) >= 11 is 0. The molecule has 0 spiro atoms. The lowest BCUT2D eigenvalue weighted by molar-refractivity contribution is -0.120. The normalized spacial score (nSPS) is 20.2. The van der Waals surface area contributed by atoms with E-state index >= 15 is 0 Å². The fourth-order valence-electron chi connectivity index (χ4n) is 7.63. The average molecular weight is 767 g/mol. The van der Waals surface area contributed by atoms with Crippen molar-refractivity contribution in [2.24, 2.45) is 11.8 Å². The van der Waals surface area contributed by atoms with Gasteiger partial charge in [0.15, 0.2) is 0 Å². The number of hydrogen-bond donors (Lipinski definition) is 4. The van der Waals surface area contributed by atoms with E-state index in [1.807, 2.05) is 13.8 Å². The second-order valence-electron chi connectivity index (χ2n) is 15.0. The van der Waals surface area contributed by atoms with Crippen LogP contribution in [0.15, 0.2) is 85.2 Å². The molecule has 0 saturated heterocycles. The van der Waals surface area contributed by atoms with Gasteiger partial charge in [-0.15, -0.1) is 0 Å². The van der Waals surface area contributed by atoms with Crippen molar-refractivity contribution in [2.75, 3.05) is 0 Å². The lowest BCUT2D eigenvalue weighted by Gasteiger charge is -2.32. The minimum Gasteiger partial charge on any atom is -0.354 e. The summed E-state index contributed by atoms with van der Waals surface area (Å²) in [5, 5.41) is 12.1. The zero-order chi connectivity index (χ0) is 40.2. The molecule has 4 amide bonds. The van der Waals surface area contributed by atoms with Gasteiger partial charge in [0.2, 0.25) is 11.8 Å². The van der Waals surface area contributed by atoms with Gasteiger partial charge in [0.25, 0.3) is 11.8 Å². The van der Waals surface area contributed by atoms with Gasteiger partial charge in [-0.05, 0) is 126 Å². The van der Waals surface area contributed by atoms with E-state index in [-0.39, 0.29) is 59.4 Å². The number of nitrogens with one attached hydrogen (secondary N) is 4. The fourth-order valence-corrected chi connectivity index (χ4v) is 7.63. The highest BCUT2D eigenvalue weighted by atomic mass is 19.1. The highest BCUT2D eigenvalue weighted by molar-refractivity contribution is 5.95. The fraction of sp³-hybridized carbons (Fsp3) is 0.409. The first-order chi connectivity index (χ1) is 26.8. The molecule has 2 aliphatic carbocycles. The van der Waals surface area contributed by atoms with Crippen LogP contribution in [0, 0.1) is 23.5 Å². The molecule has 0 aliphatic heterocycles. The van der Waals surface area contributed by atoms with E-state index in [0.29, 0.717) is 45.5 Å². The Balaban J connectivity index is 0.000000214. The molecule has 296 valence electrons. The van der Waals surface area contributed by atoms with E-state index in [9.17, 15) is 28.0 Å². The Morgan fingerprint density at radius 1 is 0.571 bits per heavy atom. The summed E-state index contributed by atoms with van der Waals surface area (Å²) < 4.78 is 26.7. The summed E-state index contributed by atoms with van der Waals surface area (Å²) in [7, 11) is 0. The molecule has 2 atom stereocenters. The molecular weight excluding hydrogens is 715 g/mol. The number of aromatic nitrogens is 2. The van der Waals surface area contributed by atoms with Crippen molar-refractivity contribution < 1.29 is 28.0 Å². The molecule has 0 radical (unpaired) electrons. The van der Waals surface area contributed by atoms with Crippen molar-refractivity contribution in [3.05, 3.63) is 108 Å². The summed E-state index contributed by atoms with van der Waals surface area (Å²) in [4.78, 5) is 56.0. The first-order valence-electron chi connectivity index (χ1n) is 19.4. The molecule has 12 heteroatoms. The van der Waals surface area contributed by atoms with Gasteiger partial charge in [-0.2, -0.15) is 0 Å². The second-order valence-corrected chi connectivity index (χ2v) is 15.0. The zero-order valence-electron chi connectivity index (χ0n) is 32.5. The Kier molecular flexibility index (Phi) is 14.8. The van der Waals surface area contributed by atoms with Crippen LogP contribution in [0.5, 0.6) is 0 Å².